The van der Waals surface area contributed by atoms with Crippen molar-refractivity contribution in [2.75, 3.05) is 11.9 Å². The van der Waals surface area contributed by atoms with Crippen LogP contribution in [-0.4, -0.2) is 28.7 Å². The SMILES string of the molecule is NC(=O)COc1ccc([C@@H]2Nc3ccccc3C(=O)N2O)cc1. The lowest BCUT2D eigenvalue weighted by molar-refractivity contribution is -0.119. The largest absolute Gasteiger partial charge is 0.484 e. The van der Waals surface area contributed by atoms with Crippen LogP contribution in [0, 0.1) is 0 Å². The number of carbonyl (C=O) groups excluding carboxylic acids is 2. The Labute approximate surface area is 132 Å². The van der Waals surface area contributed by atoms with Crippen molar-refractivity contribution in [1.82, 2.24) is 5.06 Å². The second-order valence-electron chi connectivity index (χ2n) is 5.07. The van der Waals surface area contributed by atoms with Gasteiger partial charge in [0.25, 0.3) is 11.8 Å². The monoisotopic (exact) mass is 313 g/mol. The quantitative estimate of drug-likeness (QED) is 0.742. The van der Waals surface area contributed by atoms with E-state index in [9.17, 15) is 14.8 Å². The number of para-hydroxylation sites is 1. The van der Waals surface area contributed by atoms with Crippen molar-refractivity contribution in [3.05, 3.63) is 59.7 Å². The van der Waals surface area contributed by atoms with Gasteiger partial charge in [-0.05, 0) is 29.8 Å². The Bertz CT molecular complexity index is 745. The molecule has 1 heterocycles. The first-order chi connectivity index (χ1) is 11.1. The smallest absolute Gasteiger partial charge is 0.281 e. The molecule has 0 spiro atoms. The summed E-state index contributed by atoms with van der Waals surface area (Å²) in [5.41, 5.74) is 6.75. The highest BCUT2D eigenvalue weighted by atomic mass is 16.5. The summed E-state index contributed by atoms with van der Waals surface area (Å²) in [5.74, 6) is -0.565. The number of hydrogen-bond donors (Lipinski definition) is 3. The summed E-state index contributed by atoms with van der Waals surface area (Å²) in [7, 11) is 0. The third-order valence-electron chi connectivity index (χ3n) is 3.48. The van der Waals surface area contributed by atoms with E-state index in [0.29, 0.717) is 27.6 Å². The first-order valence-electron chi connectivity index (χ1n) is 6.95. The van der Waals surface area contributed by atoms with Gasteiger partial charge in [-0.1, -0.05) is 24.3 Å². The number of rotatable bonds is 4. The van der Waals surface area contributed by atoms with E-state index >= 15 is 0 Å². The van der Waals surface area contributed by atoms with Crippen LogP contribution in [0.4, 0.5) is 5.69 Å². The molecule has 0 aromatic heterocycles. The topological polar surface area (TPSA) is 105 Å². The Kier molecular flexibility index (Phi) is 3.86. The summed E-state index contributed by atoms with van der Waals surface area (Å²) in [6.45, 7) is -0.209. The molecule has 0 saturated heterocycles. The zero-order chi connectivity index (χ0) is 16.4. The van der Waals surface area contributed by atoms with Crippen LogP contribution < -0.4 is 15.8 Å². The summed E-state index contributed by atoms with van der Waals surface area (Å²) < 4.78 is 5.18. The molecule has 1 aliphatic rings. The maximum absolute atomic E-state index is 12.2. The fourth-order valence-corrected chi connectivity index (χ4v) is 2.37. The van der Waals surface area contributed by atoms with Gasteiger partial charge in [-0.3, -0.25) is 14.8 Å². The van der Waals surface area contributed by atoms with Crippen LogP contribution in [0.3, 0.4) is 0 Å². The predicted molar refractivity (Wildman–Crippen MR) is 81.9 cm³/mol. The molecular formula is C16H15N3O4. The van der Waals surface area contributed by atoms with Gasteiger partial charge in [0.2, 0.25) is 0 Å². The second-order valence-corrected chi connectivity index (χ2v) is 5.07. The minimum atomic E-state index is -0.706. The van der Waals surface area contributed by atoms with E-state index in [-0.39, 0.29) is 6.61 Å². The van der Waals surface area contributed by atoms with Crippen molar-refractivity contribution in [3.8, 4) is 5.75 Å². The Morgan fingerprint density at radius 2 is 1.91 bits per heavy atom. The molecule has 2 amide bonds. The number of fused-ring (bicyclic) bond motifs is 1. The highest BCUT2D eigenvalue weighted by Crippen LogP contribution is 2.32. The number of anilines is 1. The lowest BCUT2D eigenvalue weighted by atomic mass is 10.1. The Balaban J connectivity index is 1.82. The zero-order valence-electron chi connectivity index (χ0n) is 12.1. The van der Waals surface area contributed by atoms with E-state index in [1.165, 1.54) is 0 Å². The van der Waals surface area contributed by atoms with Gasteiger partial charge in [0, 0.05) is 5.69 Å². The maximum atomic E-state index is 12.2. The number of ether oxygens (including phenoxy) is 1. The average Bonchev–Trinajstić information content (AvgIpc) is 2.57. The van der Waals surface area contributed by atoms with Gasteiger partial charge in [0.1, 0.15) is 5.75 Å². The predicted octanol–water partition coefficient (Wildman–Crippen LogP) is 1.51. The molecule has 1 atom stereocenters. The van der Waals surface area contributed by atoms with Gasteiger partial charge in [-0.25, -0.2) is 0 Å². The Hall–Kier alpha value is -3.06. The number of hydrogen-bond acceptors (Lipinski definition) is 5. The van der Waals surface area contributed by atoms with Crippen LogP contribution in [-0.2, 0) is 4.79 Å². The molecule has 2 aromatic carbocycles. The average molecular weight is 313 g/mol. The van der Waals surface area contributed by atoms with Crippen LogP contribution in [0.25, 0.3) is 0 Å². The van der Waals surface area contributed by atoms with Crippen molar-refractivity contribution >= 4 is 17.5 Å². The van der Waals surface area contributed by atoms with Crippen LogP contribution in [0.1, 0.15) is 22.1 Å². The summed E-state index contributed by atoms with van der Waals surface area (Å²) in [5, 5.41) is 13.9. The number of nitrogens with zero attached hydrogens (tertiary/aromatic N) is 1. The van der Waals surface area contributed by atoms with E-state index in [1.807, 2.05) is 6.07 Å². The molecule has 118 valence electrons. The molecule has 0 bridgehead atoms. The van der Waals surface area contributed by atoms with E-state index in [4.69, 9.17) is 10.5 Å². The van der Waals surface area contributed by atoms with Crippen molar-refractivity contribution in [1.29, 1.82) is 0 Å². The second kappa shape index (κ2) is 5.98. The molecule has 4 N–H and O–H groups in total. The first kappa shape index (κ1) is 14.9. The molecule has 0 saturated carbocycles. The lowest BCUT2D eigenvalue weighted by Crippen LogP contribution is -2.40. The zero-order valence-corrected chi connectivity index (χ0v) is 12.1. The maximum Gasteiger partial charge on any atom is 0.281 e. The molecular weight excluding hydrogens is 298 g/mol. The fourth-order valence-electron chi connectivity index (χ4n) is 2.37. The fraction of sp³-hybridized carbons (Fsp3) is 0.125. The molecule has 7 nitrogen and oxygen atoms in total. The minimum Gasteiger partial charge on any atom is -0.484 e. The number of nitrogens with two attached hydrogens (primary N) is 1. The molecule has 1 aliphatic heterocycles. The van der Waals surface area contributed by atoms with E-state index < -0.39 is 18.0 Å². The summed E-state index contributed by atoms with van der Waals surface area (Å²) in [4.78, 5) is 22.9. The molecule has 3 rings (SSSR count). The van der Waals surface area contributed by atoms with Crippen LogP contribution in [0.5, 0.6) is 5.75 Å². The molecule has 0 aliphatic carbocycles. The van der Waals surface area contributed by atoms with Crippen LogP contribution in [0.15, 0.2) is 48.5 Å². The van der Waals surface area contributed by atoms with E-state index in [1.54, 1.807) is 42.5 Å². The number of nitrogens with one attached hydrogen (secondary N) is 1. The number of carbonyl (C=O) groups is 2. The molecule has 0 radical (unpaired) electrons. The molecule has 23 heavy (non-hydrogen) atoms. The van der Waals surface area contributed by atoms with Crippen molar-refractivity contribution in [3.63, 3.8) is 0 Å². The minimum absolute atomic E-state index is 0.209. The highest BCUT2D eigenvalue weighted by Gasteiger charge is 2.31. The summed E-state index contributed by atoms with van der Waals surface area (Å²) >= 11 is 0. The normalized spacial score (nSPS) is 16.5. The van der Waals surface area contributed by atoms with E-state index in [0.717, 1.165) is 0 Å². The van der Waals surface area contributed by atoms with Crippen LogP contribution >= 0.6 is 0 Å². The van der Waals surface area contributed by atoms with Gasteiger partial charge in [0.15, 0.2) is 12.8 Å². The number of amides is 2. The molecule has 2 aromatic rings. The van der Waals surface area contributed by atoms with Gasteiger partial charge in [-0.15, -0.1) is 0 Å². The highest BCUT2D eigenvalue weighted by molar-refractivity contribution is 6.00. The molecule has 0 unspecified atom stereocenters. The molecule has 0 fully saturated rings. The molecule has 7 heteroatoms. The van der Waals surface area contributed by atoms with Gasteiger partial charge in [0.05, 0.1) is 5.56 Å². The summed E-state index contributed by atoms with van der Waals surface area (Å²) in [6, 6.07) is 13.6. The van der Waals surface area contributed by atoms with Gasteiger partial charge < -0.3 is 15.8 Å². The number of benzene rings is 2. The van der Waals surface area contributed by atoms with Gasteiger partial charge >= 0.3 is 0 Å². The third kappa shape index (κ3) is 2.95. The van der Waals surface area contributed by atoms with E-state index in [2.05, 4.69) is 5.32 Å². The Morgan fingerprint density at radius 3 is 2.61 bits per heavy atom. The number of primary amides is 1. The summed E-state index contributed by atoms with van der Waals surface area (Å²) in [6.07, 6.45) is -0.706. The van der Waals surface area contributed by atoms with Crippen molar-refractivity contribution in [2.24, 2.45) is 5.73 Å². The van der Waals surface area contributed by atoms with Crippen LogP contribution in [0.2, 0.25) is 0 Å². The lowest BCUT2D eigenvalue weighted by Gasteiger charge is -2.33. The van der Waals surface area contributed by atoms with Gasteiger partial charge in [-0.2, -0.15) is 5.06 Å². The number of hydroxylamine groups is 2. The van der Waals surface area contributed by atoms with Crippen molar-refractivity contribution in [2.45, 2.75) is 6.17 Å². The first-order valence-corrected chi connectivity index (χ1v) is 6.95. The standard InChI is InChI=1S/C16H15N3O4/c17-14(20)9-23-11-7-5-10(6-8-11)15-18-13-4-2-1-3-12(13)16(21)19(15)22/h1-8,15,18,22H,9H2,(H2,17,20)/t15-/m1/s1. The Morgan fingerprint density at radius 1 is 1.22 bits per heavy atom. The third-order valence-corrected chi connectivity index (χ3v) is 3.48. The van der Waals surface area contributed by atoms with Crippen molar-refractivity contribution < 1.29 is 19.5 Å².